The maximum atomic E-state index is 12.6. The molecule has 0 aliphatic heterocycles. The van der Waals surface area contributed by atoms with E-state index in [0.717, 1.165) is 5.56 Å². The highest BCUT2D eigenvalue weighted by Gasteiger charge is 2.16. The van der Waals surface area contributed by atoms with Gasteiger partial charge in [-0.25, -0.2) is 0 Å². The van der Waals surface area contributed by atoms with E-state index < -0.39 is 5.91 Å². The molecule has 1 aromatic heterocycles. The maximum absolute atomic E-state index is 12.6. The van der Waals surface area contributed by atoms with Crippen molar-refractivity contribution in [3.05, 3.63) is 77.6 Å². The van der Waals surface area contributed by atoms with Gasteiger partial charge in [0.2, 0.25) is 0 Å². The Hall–Kier alpha value is -4.07. The summed E-state index contributed by atoms with van der Waals surface area (Å²) < 4.78 is 16.3. The van der Waals surface area contributed by atoms with Crippen molar-refractivity contribution in [1.82, 2.24) is 10.3 Å². The van der Waals surface area contributed by atoms with E-state index in [0.29, 0.717) is 41.5 Å². The summed E-state index contributed by atoms with van der Waals surface area (Å²) in [6.45, 7) is 0.420. The number of amides is 2. The largest absolute Gasteiger partial charge is 0.493 e. The quantitative estimate of drug-likeness (QED) is 0.549. The molecule has 1 heterocycles. The molecule has 2 amide bonds. The molecule has 0 saturated carbocycles. The molecule has 3 rings (SSSR count). The van der Waals surface area contributed by atoms with Crippen molar-refractivity contribution >= 4 is 11.8 Å². The van der Waals surface area contributed by atoms with Crippen LogP contribution in [-0.2, 0) is 6.42 Å². The lowest BCUT2D eigenvalue weighted by molar-refractivity contribution is 0.0949. The van der Waals surface area contributed by atoms with Crippen LogP contribution in [0.15, 0.2) is 60.8 Å². The number of nitrogens with zero attached hydrogens (tertiary/aromatic N) is 1. The molecular weight excluding hydrogens is 398 g/mol. The van der Waals surface area contributed by atoms with Gasteiger partial charge in [-0.15, -0.1) is 0 Å². The Morgan fingerprint density at radius 1 is 1.00 bits per heavy atom. The van der Waals surface area contributed by atoms with E-state index in [1.807, 2.05) is 18.2 Å². The van der Waals surface area contributed by atoms with Gasteiger partial charge in [-0.3, -0.25) is 14.6 Å². The third-order valence-electron chi connectivity index (χ3n) is 4.46. The first-order valence-electron chi connectivity index (χ1n) is 9.53. The number of methoxy groups -OCH3 is 2. The van der Waals surface area contributed by atoms with Crippen LogP contribution in [0.3, 0.4) is 0 Å². The second-order valence-corrected chi connectivity index (χ2v) is 6.54. The molecule has 0 atom stereocenters. The van der Waals surface area contributed by atoms with Gasteiger partial charge in [0.25, 0.3) is 11.8 Å². The van der Waals surface area contributed by atoms with E-state index in [9.17, 15) is 9.59 Å². The van der Waals surface area contributed by atoms with Gasteiger partial charge in [0.1, 0.15) is 17.2 Å². The molecule has 3 aromatic rings. The smallest absolute Gasteiger partial charge is 0.267 e. The number of benzene rings is 2. The van der Waals surface area contributed by atoms with Crippen molar-refractivity contribution in [2.75, 3.05) is 20.8 Å². The summed E-state index contributed by atoms with van der Waals surface area (Å²) >= 11 is 0. The minimum absolute atomic E-state index is 0.129. The molecule has 0 fully saturated rings. The number of para-hydroxylation sites is 1. The van der Waals surface area contributed by atoms with Crippen LogP contribution < -0.4 is 25.3 Å². The van der Waals surface area contributed by atoms with E-state index in [2.05, 4.69) is 10.3 Å². The van der Waals surface area contributed by atoms with E-state index in [1.165, 1.54) is 26.5 Å². The zero-order valence-corrected chi connectivity index (χ0v) is 17.3. The number of nitrogens with two attached hydrogens (primary N) is 1. The Balaban J connectivity index is 1.61. The van der Waals surface area contributed by atoms with Gasteiger partial charge in [0.15, 0.2) is 11.5 Å². The molecule has 0 bridgehead atoms. The second-order valence-electron chi connectivity index (χ2n) is 6.54. The lowest BCUT2D eigenvalue weighted by Crippen LogP contribution is -2.26. The average molecular weight is 421 g/mol. The molecule has 2 aromatic carbocycles. The highest BCUT2D eigenvalue weighted by atomic mass is 16.5. The summed E-state index contributed by atoms with van der Waals surface area (Å²) in [6.07, 6.45) is 2.06. The van der Waals surface area contributed by atoms with Gasteiger partial charge in [0.05, 0.1) is 19.8 Å². The Morgan fingerprint density at radius 3 is 2.52 bits per heavy atom. The number of hydrogen-bond acceptors (Lipinski definition) is 6. The van der Waals surface area contributed by atoms with Crippen LogP contribution in [0.4, 0.5) is 0 Å². The number of aromatic nitrogens is 1. The highest BCUT2D eigenvalue weighted by molar-refractivity contribution is 5.97. The fraction of sp³-hybridized carbons (Fsp3) is 0.174. The summed E-state index contributed by atoms with van der Waals surface area (Å²) in [5.41, 5.74) is 6.75. The standard InChI is InChI=1S/C23H23N3O5/c1-29-20-8-4-7-18(21(20)30-2)23(28)26-11-9-15-5-3-6-16(13-15)31-17-10-12-25-19(14-17)22(24)27/h3-8,10,12-14H,9,11H2,1-2H3,(H2,24,27)(H,26,28). The van der Waals surface area contributed by atoms with E-state index in [-0.39, 0.29) is 11.6 Å². The van der Waals surface area contributed by atoms with Crippen LogP contribution >= 0.6 is 0 Å². The molecule has 0 spiro atoms. The van der Waals surface area contributed by atoms with Crippen LogP contribution in [0.5, 0.6) is 23.0 Å². The Kier molecular flexibility index (Phi) is 7.05. The second kappa shape index (κ2) is 10.1. The van der Waals surface area contributed by atoms with Crippen molar-refractivity contribution in [2.24, 2.45) is 5.73 Å². The molecule has 0 unspecified atom stereocenters. The number of carbonyl (C=O) groups is 2. The normalized spacial score (nSPS) is 10.3. The third-order valence-corrected chi connectivity index (χ3v) is 4.46. The molecule has 0 saturated heterocycles. The predicted molar refractivity (Wildman–Crippen MR) is 115 cm³/mol. The minimum atomic E-state index is -0.623. The SMILES string of the molecule is COc1cccc(C(=O)NCCc2cccc(Oc3ccnc(C(N)=O)c3)c2)c1OC. The van der Waals surface area contributed by atoms with Gasteiger partial charge < -0.3 is 25.3 Å². The zero-order chi connectivity index (χ0) is 22.2. The summed E-state index contributed by atoms with van der Waals surface area (Å²) in [5, 5.41) is 2.89. The van der Waals surface area contributed by atoms with E-state index >= 15 is 0 Å². The van der Waals surface area contributed by atoms with E-state index in [4.69, 9.17) is 19.9 Å². The van der Waals surface area contributed by atoms with Gasteiger partial charge in [-0.2, -0.15) is 0 Å². The number of carbonyl (C=O) groups excluding carboxylic acids is 2. The number of rotatable bonds is 9. The molecule has 31 heavy (non-hydrogen) atoms. The monoisotopic (exact) mass is 421 g/mol. The lowest BCUT2D eigenvalue weighted by Gasteiger charge is -2.13. The van der Waals surface area contributed by atoms with Gasteiger partial charge in [0, 0.05) is 18.8 Å². The van der Waals surface area contributed by atoms with Crippen molar-refractivity contribution in [1.29, 1.82) is 0 Å². The lowest BCUT2D eigenvalue weighted by atomic mass is 10.1. The minimum Gasteiger partial charge on any atom is -0.493 e. The molecule has 8 heteroatoms. The van der Waals surface area contributed by atoms with Gasteiger partial charge >= 0.3 is 0 Å². The molecule has 3 N–H and O–H groups in total. The molecule has 0 radical (unpaired) electrons. The summed E-state index contributed by atoms with van der Waals surface area (Å²) in [6, 6.07) is 15.7. The molecule has 0 aliphatic rings. The number of pyridine rings is 1. The van der Waals surface area contributed by atoms with Crippen molar-refractivity contribution in [2.45, 2.75) is 6.42 Å². The van der Waals surface area contributed by atoms with Crippen LogP contribution in [0.2, 0.25) is 0 Å². The Bertz CT molecular complexity index is 1080. The first kappa shape index (κ1) is 21.6. The highest BCUT2D eigenvalue weighted by Crippen LogP contribution is 2.30. The number of primary amides is 1. The average Bonchev–Trinajstić information content (AvgIpc) is 2.78. The fourth-order valence-corrected chi connectivity index (χ4v) is 2.99. The van der Waals surface area contributed by atoms with Crippen LogP contribution in [0.25, 0.3) is 0 Å². The maximum Gasteiger partial charge on any atom is 0.267 e. The van der Waals surface area contributed by atoms with Gasteiger partial charge in [-0.1, -0.05) is 18.2 Å². The Labute approximate surface area is 180 Å². The molecule has 8 nitrogen and oxygen atoms in total. The predicted octanol–water partition coefficient (Wildman–Crippen LogP) is 2.96. The van der Waals surface area contributed by atoms with Crippen molar-refractivity contribution in [3.8, 4) is 23.0 Å². The fourth-order valence-electron chi connectivity index (χ4n) is 2.99. The van der Waals surface area contributed by atoms with Crippen LogP contribution in [-0.4, -0.2) is 37.6 Å². The number of hydrogen-bond donors (Lipinski definition) is 2. The van der Waals surface area contributed by atoms with Crippen LogP contribution in [0.1, 0.15) is 26.4 Å². The number of nitrogens with one attached hydrogen (secondary N) is 1. The molecular formula is C23H23N3O5. The van der Waals surface area contributed by atoms with Crippen molar-refractivity contribution < 1.29 is 23.8 Å². The summed E-state index contributed by atoms with van der Waals surface area (Å²) in [4.78, 5) is 27.7. The third kappa shape index (κ3) is 5.51. The summed E-state index contributed by atoms with van der Waals surface area (Å²) in [5.74, 6) is 1.07. The van der Waals surface area contributed by atoms with Crippen LogP contribution in [0, 0.1) is 0 Å². The first-order valence-corrected chi connectivity index (χ1v) is 9.53. The van der Waals surface area contributed by atoms with Crippen molar-refractivity contribution in [3.63, 3.8) is 0 Å². The molecule has 160 valence electrons. The van der Waals surface area contributed by atoms with E-state index in [1.54, 1.807) is 30.3 Å². The topological polar surface area (TPSA) is 113 Å². The first-order chi connectivity index (χ1) is 15.0. The zero-order valence-electron chi connectivity index (χ0n) is 17.3. The van der Waals surface area contributed by atoms with Gasteiger partial charge in [-0.05, 0) is 42.3 Å². The summed E-state index contributed by atoms with van der Waals surface area (Å²) in [7, 11) is 3.02. The number of ether oxygens (including phenoxy) is 3. The molecule has 0 aliphatic carbocycles. The Morgan fingerprint density at radius 2 is 1.77 bits per heavy atom.